The van der Waals surface area contributed by atoms with Gasteiger partial charge in [-0.3, -0.25) is 4.79 Å². The van der Waals surface area contributed by atoms with E-state index in [-0.39, 0.29) is 12.5 Å². The zero-order valence-corrected chi connectivity index (χ0v) is 12.4. The van der Waals surface area contributed by atoms with E-state index in [0.717, 1.165) is 21.9 Å². The number of anilines is 1. The van der Waals surface area contributed by atoms with Crippen LogP contribution < -0.4 is 4.90 Å². The first-order valence-electron chi connectivity index (χ1n) is 6.35. The Hall–Kier alpha value is -1.93. The highest BCUT2D eigenvalue weighted by Gasteiger charge is 2.23. The molecule has 0 aromatic heterocycles. The Kier molecular flexibility index (Phi) is 4.70. The monoisotopic (exact) mass is 288 g/mol. The van der Waals surface area contributed by atoms with Gasteiger partial charge < -0.3 is 9.74 Å². The molecule has 5 heteroatoms. The van der Waals surface area contributed by atoms with Crippen LogP contribution in [0.4, 0.5) is 5.69 Å². The third-order valence-corrected chi connectivity index (χ3v) is 4.03. The van der Waals surface area contributed by atoms with Gasteiger partial charge in [0.05, 0.1) is 17.2 Å². The number of amides is 1. The van der Waals surface area contributed by atoms with E-state index < -0.39 is 0 Å². The van der Waals surface area contributed by atoms with Gasteiger partial charge in [0.2, 0.25) is 5.91 Å². The normalized spacial score (nSPS) is 14.8. The zero-order chi connectivity index (χ0) is 14.5. The Labute approximate surface area is 123 Å². The molecule has 0 bridgehead atoms. The molecule has 1 amide bonds. The van der Waals surface area contributed by atoms with E-state index in [1.807, 2.05) is 32.0 Å². The van der Waals surface area contributed by atoms with Crippen LogP contribution in [0.2, 0.25) is 0 Å². The molecule has 0 radical (unpaired) electrons. The molecule has 0 unspecified atom stereocenters. The molecule has 20 heavy (non-hydrogen) atoms. The molecule has 0 N–H and O–H groups in total. The molecule has 0 saturated heterocycles. The second-order valence-electron chi connectivity index (χ2n) is 4.26. The Morgan fingerprint density at radius 2 is 2.40 bits per heavy atom. The molecule has 0 aliphatic carbocycles. The molecule has 1 aliphatic rings. The number of carbonyl (C=O) groups is 1. The van der Waals surface area contributed by atoms with Crippen LogP contribution in [0.3, 0.4) is 0 Å². The molecule has 1 aromatic rings. The summed E-state index contributed by atoms with van der Waals surface area (Å²) in [5, 5.41) is 3.97. The molecule has 0 spiro atoms. The van der Waals surface area contributed by atoms with E-state index in [1.54, 1.807) is 16.7 Å². The molecule has 0 atom stereocenters. The average Bonchev–Trinajstić information content (AvgIpc) is 2.46. The lowest BCUT2D eigenvalue weighted by Gasteiger charge is -2.28. The molecule has 104 valence electrons. The van der Waals surface area contributed by atoms with Gasteiger partial charge in [0.15, 0.2) is 6.61 Å². The molecule has 4 nitrogen and oxygen atoms in total. The fraction of sp³-hybridized carbons (Fsp3) is 0.333. The van der Waals surface area contributed by atoms with Crippen molar-refractivity contribution in [1.29, 1.82) is 0 Å². The largest absolute Gasteiger partial charge is 0.382 e. The van der Waals surface area contributed by atoms with Crippen LogP contribution in [0, 0.1) is 12.3 Å². The molecular weight excluding hydrogens is 272 g/mol. The molecule has 1 heterocycles. The van der Waals surface area contributed by atoms with E-state index in [2.05, 4.69) is 11.1 Å². The van der Waals surface area contributed by atoms with E-state index in [9.17, 15) is 4.79 Å². The minimum Gasteiger partial charge on any atom is -0.382 e. The van der Waals surface area contributed by atoms with Crippen LogP contribution in [-0.4, -0.2) is 30.5 Å². The van der Waals surface area contributed by atoms with Crippen molar-refractivity contribution in [2.24, 2.45) is 5.16 Å². The highest BCUT2D eigenvalue weighted by atomic mass is 32.2. The van der Waals surface area contributed by atoms with Crippen LogP contribution in [0.15, 0.2) is 28.3 Å². The smallest absolute Gasteiger partial charge is 0.237 e. The summed E-state index contributed by atoms with van der Waals surface area (Å²) in [7, 11) is 0. The minimum absolute atomic E-state index is 0.139. The number of hydrogen-bond donors (Lipinski definition) is 0. The molecule has 0 saturated carbocycles. The summed E-state index contributed by atoms with van der Waals surface area (Å²) in [4.78, 5) is 19.8. The number of thioether (sulfide) groups is 1. The standard InChI is InChI=1S/C15H16N2O2S/c1-4-8-19-16-11(3)12-6-7-14-13(9-12)17(5-2)15(18)10-20-14/h1,6-7,9H,5,8,10H2,2-3H3/b16-11+. The fourth-order valence-electron chi connectivity index (χ4n) is 1.99. The lowest BCUT2D eigenvalue weighted by atomic mass is 10.1. The molecule has 2 rings (SSSR count). The van der Waals surface area contributed by atoms with Crippen molar-refractivity contribution in [3.8, 4) is 12.3 Å². The second-order valence-corrected chi connectivity index (χ2v) is 5.28. The molecule has 0 fully saturated rings. The van der Waals surface area contributed by atoms with Crippen LogP contribution >= 0.6 is 11.8 Å². The molecular formula is C15H16N2O2S. The Balaban J connectivity index is 2.31. The maximum Gasteiger partial charge on any atom is 0.237 e. The first-order valence-corrected chi connectivity index (χ1v) is 7.33. The van der Waals surface area contributed by atoms with Crippen molar-refractivity contribution in [3.05, 3.63) is 23.8 Å². The number of oxime groups is 1. The second kappa shape index (κ2) is 6.49. The SMILES string of the molecule is C#CCO/N=C(\C)c1ccc2c(c1)N(CC)C(=O)CS2. The van der Waals surface area contributed by atoms with Gasteiger partial charge in [-0.25, -0.2) is 0 Å². The maximum absolute atomic E-state index is 11.9. The zero-order valence-electron chi connectivity index (χ0n) is 11.5. The molecule has 1 aromatic carbocycles. The lowest BCUT2D eigenvalue weighted by molar-refractivity contribution is -0.116. The number of benzene rings is 1. The van der Waals surface area contributed by atoms with Gasteiger partial charge in [-0.2, -0.15) is 0 Å². The quantitative estimate of drug-likeness (QED) is 0.370. The van der Waals surface area contributed by atoms with Gasteiger partial charge in [-0.15, -0.1) is 18.2 Å². The van der Waals surface area contributed by atoms with Crippen molar-refractivity contribution in [2.45, 2.75) is 18.7 Å². The van der Waals surface area contributed by atoms with Crippen molar-refractivity contribution in [3.63, 3.8) is 0 Å². The summed E-state index contributed by atoms with van der Waals surface area (Å²) in [6, 6.07) is 5.97. The van der Waals surface area contributed by atoms with Crippen molar-refractivity contribution in [2.75, 3.05) is 23.8 Å². The van der Waals surface area contributed by atoms with E-state index in [1.165, 1.54) is 0 Å². The average molecular weight is 288 g/mol. The first-order chi connectivity index (χ1) is 9.67. The van der Waals surface area contributed by atoms with E-state index in [0.29, 0.717) is 12.3 Å². The Bertz CT molecular complexity index is 590. The van der Waals surface area contributed by atoms with Crippen molar-refractivity contribution in [1.82, 2.24) is 0 Å². The highest BCUT2D eigenvalue weighted by Crippen LogP contribution is 2.35. The topological polar surface area (TPSA) is 41.9 Å². The summed E-state index contributed by atoms with van der Waals surface area (Å²) in [5.41, 5.74) is 2.61. The van der Waals surface area contributed by atoms with Gasteiger partial charge in [-0.05, 0) is 26.0 Å². The predicted octanol–water partition coefficient (Wildman–Crippen LogP) is 2.52. The van der Waals surface area contributed by atoms with Crippen LogP contribution in [0.25, 0.3) is 0 Å². The number of rotatable bonds is 4. The molecule has 1 aliphatic heterocycles. The maximum atomic E-state index is 11.9. The predicted molar refractivity (Wildman–Crippen MR) is 82.2 cm³/mol. The number of fused-ring (bicyclic) bond motifs is 1. The van der Waals surface area contributed by atoms with E-state index in [4.69, 9.17) is 11.3 Å². The summed E-state index contributed by atoms with van der Waals surface area (Å²) >= 11 is 1.57. The summed E-state index contributed by atoms with van der Waals surface area (Å²) in [6.07, 6.45) is 5.10. The summed E-state index contributed by atoms with van der Waals surface area (Å²) < 4.78 is 0. The van der Waals surface area contributed by atoms with Crippen LogP contribution in [-0.2, 0) is 9.63 Å². The highest BCUT2D eigenvalue weighted by molar-refractivity contribution is 8.00. The number of nitrogens with zero attached hydrogens (tertiary/aromatic N) is 2. The summed E-state index contributed by atoms with van der Waals surface area (Å²) in [5.74, 6) is 3.00. The van der Waals surface area contributed by atoms with Crippen molar-refractivity contribution >= 4 is 29.1 Å². The van der Waals surface area contributed by atoms with Gasteiger partial charge >= 0.3 is 0 Å². The number of hydrogen-bond acceptors (Lipinski definition) is 4. The fourth-order valence-corrected chi connectivity index (χ4v) is 2.91. The van der Waals surface area contributed by atoms with E-state index >= 15 is 0 Å². The Morgan fingerprint density at radius 1 is 1.60 bits per heavy atom. The van der Waals surface area contributed by atoms with Gasteiger partial charge in [0, 0.05) is 17.0 Å². The number of terminal acetylenes is 1. The Morgan fingerprint density at radius 3 is 3.10 bits per heavy atom. The van der Waals surface area contributed by atoms with Crippen molar-refractivity contribution < 1.29 is 9.63 Å². The number of carbonyl (C=O) groups excluding carboxylic acids is 1. The van der Waals surface area contributed by atoms with Crippen LogP contribution in [0.5, 0.6) is 0 Å². The minimum atomic E-state index is 0.139. The van der Waals surface area contributed by atoms with Gasteiger partial charge in [-0.1, -0.05) is 17.1 Å². The van der Waals surface area contributed by atoms with Gasteiger partial charge in [0.1, 0.15) is 0 Å². The third kappa shape index (κ3) is 2.97. The third-order valence-electron chi connectivity index (χ3n) is 2.99. The lowest BCUT2D eigenvalue weighted by Crippen LogP contribution is -2.35. The van der Waals surface area contributed by atoms with Crippen LogP contribution in [0.1, 0.15) is 19.4 Å². The first kappa shape index (κ1) is 14.5. The van der Waals surface area contributed by atoms with Gasteiger partial charge in [0.25, 0.3) is 0 Å². The summed E-state index contributed by atoms with van der Waals surface area (Å²) in [6.45, 7) is 4.64.